The number of rotatable bonds is 6. The lowest BCUT2D eigenvalue weighted by Gasteiger charge is -2.03. The quantitative estimate of drug-likeness (QED) is 0.652. The number of nitrogens with one attached hydrogen (secondary N) is 1. The second-order valence-corrected chi connectivity index (χ2v) is 4.66. The van der Waals surface area contributed by atoms with Gasteiger partial charge in [-0.2, -0.15) is 0 Å². The number of carbonyl (C=O) groups excluding carboxylic acids is 1. The molecule has 4 nitrogen and oxygen atoms in total. The minimum absolute atomic E-state index is 0.120. The maximum atomic E-state index is 11.6. The van der Waals surface area contributed by atoms with Crippen molar-refractivity contribution in [1.29, 1.82) is 0 Å². The summed E-state index contributed by atoms with van der Waals surface area (Å²) in [6.45, 7) is 1.69. The predicted molar refractivity (Wildman–Crippen MR) is 89.6 cm³/mol. The van der Waals surface area contributed by atoms with Gasteiger partial charge < -0.3 is 10.2 Å². The van der Waals surface area contributed by atoms with Gasteiger partial charge in [0.25, 0.3) is 5.91 Å². The van der Waals surface area contributed by atoms with Crippen molar-refractivity contribution in [2.24, 2.45) is 5.16 Å². The molecule has 0 atom stereocenters. The SMILES string of the molecule is CC(/C=C/c1ccccc1)=N\OCC(=O)Nc1ccccc1. The zero-order valence-electron chi connectivity index (χ0n) is 12.4. The number of hydrogen-bond acceptors (Lipinski definition) is 3. The molecule has 22 heavy (non-hydrogen) atoms. The molecule has 1 amide bonds. The minimum Gasteiger partial charge on any atom is -0.385 e. The van der Waals surface area contributed by atoms with Crippen LogP contribution in [0.15, 0.2) is 71.9 Å². The molecule has 2 aromatic rings. The van der Waals surface area contributed by atoms with Crippen LogP contribution in [0.2, 0.25) is 0 Å². The van der Waals surface area contributed by atoms with E-state index in [4.69, 9.17) is 4.84 Å². The number of allylic oxidation sites excluding steroid dienone is 1. The summed E-state index contributed by atoms with van der Waals surface area (Å²) in [5.41, 5.74) is 2.51. The molecule has 2 aromatic carbocycles. The summed E-state index contributed by atoms with van der Waals surface area (Å²) >= 11 is 0. The Balaban J connectivity index is 1.77. The molecule has 0 aliphatic carbocycles. The fourth-order valence-electron chi connectivity index (χ4n) is 1.72. The molecule has 4 heteroatoms. The van der Waals surface area contributed by atoms with Gasteiger partial charge in [-0.25, -0.2) is 0 Å². The van der Waals surface area contributed by atoms with Crippen LogP contribution in [0.3, 0.4) is 0 Å². The molecule has 0 aliphatic heterocycles. The Morgan fingerprint density at radius 1 is 1.09 bits per heavy atom. The number of para-hydroxylation sites is 1. The van der Waals surface area contributed by atoms with Crippen LogP contribution in [0, 0.1) is 0 Å². The largest absolute Gasteiger partial charge is 0.385 e. The highest BCUT2D eigenvalue weighted by Gasteiger charge is 2.01. The van der Waals surface area contributed by atoms with Crippen molar-refractivity contribution in [2.45, 2.75) is 6.92 Å². The van der Waals surface area contributed by atoms with Gasteiger partial charge in [-0.15, -0.1) is 0 Å². The first-order valence-electron chi connectivity index (χ1n) is 6.98. The summed E-state index contributed by atoms with van der Waals surface area (Å²) in [5, 5.41) is 6.61. The first-order valence-corrected chi connectivity index (χ1v) is 6.98. The molecular weight excluding hydrogens is 276 g/mol. The van der Waals surface area contributed by atoms with Crippen molar-refractivity contribution in [3.8, 4) is 0 Å². The third-order valence-corrected chi connectivity index (χ3v) is 2.78. The van der Waals surface area contributed by atoms with E-state index >= 15 is 0 Å². The predicted octanol–water partition coefficient (Wildman–Crippen LogP) is 3.73. The summed E-state index contributed by atoms with van der Waals surface area (Å²) in [7, 11) is 0. The standard InChI is InChI=1S/C18H18N2O2/c1-15(12-13-16-8-4-2-5-9-16)20-22-14-18(21)19-17-10-6-3-7-11-17/h2-13H,14H2,1H3,(H,19,21)/b13-12+,20-15+. The van der Waals surface area contributed by atoms with Gasteiger partial charge in [0.2, 0.25) is 0 Å². The molecule has 0 aliphatic rings. The Labute approximate surface area is 130 Å². The van der Waals surface area contributed by atoms with Crippen molar-refractivity contribution in [2.75, 3.05) is 11.9 Å². The van der Waals surface area contributed by atoms with Gasteiger partial charge in [0.1, 0.15) is 0 Å². The van der Waals surface area contributed by atoms with Crippen LogP contribution < -0.4 is 5.32 Å². The zero-order chi connectivity index (χ0) is 15.6. The van der Waals surface area contributed by atoms with E-state index in [0.29, 0.717) is 5.71 Å². The Kier molecular flexibility index (Phi) is 5.93. The molecule has 2 rings (SSSR count). The molecule has 0 heterocycles. The van der Waals surface area contributed by atoms with Gasteiger partial charge in [0.05, 0.1) is 5.71 Å². The Morgan fingerprint density at radius 2 is 1.73 bits per heavy atom. The summed E-state index contributed by atoms with van der Waals surface area (Å²) < 4.78 is 0. The number of anilines is 1. The summed E-state index contributed by atoms with van der Waals surface area (Å²) in [4.78, 5) is 16.7. The molecular formula is C18H18N2O2. The monoisotopic (exact) mass is 294 g/mol. The highest BCUT2D eigenvalue weighted by Crippen LogP contribution is 2.04. The van der Waals surface area contributed by atoms with Crippen LogP contribution in [0.25, 0.3) is 6.08 Å². The molecule has 0 radical (unpaired) electrons. The van der Waals surface area contributed by atoms with E-state index in [1.54, 1.807) is 0 Å². The van der Waals surface area contributed by atoms with E-state index in [0.717, 1.165) is 11.3 Å². The summed E-state index contributed by atoms with van der Waals surface area (Å²) in [6, 6.07) is 19.1. The molecule has 0 fully saturated rings. The van der Waals surface area contributed by atoms with Crippen LogP contribution in [-0.2, 0) is 9.63 Å². The van der Waals surface area contributed by atoms with Gasteiger partial charge in [-0.05, 0) is 30.7 Å². The molecule has 0 aromatic heterocycles. The second-order valence-electron chi connectivity index (χ2n) is 4.66. The molecule has 0 unspecified atom stereocenters. The minimum atomic E-state index is -0.241. The number of oxime groups is 1. The Morgan fingerprint density at radius 3 is 2.41 bits per heavy atom. The first kappa shape index (κ1) is 15.5. The molecule has 0 saturated carbocycles. The summed E-state index contributed by atoms with van der Waals surface area (Å²) in [6.07, 6.45) is 3.77. The van der Waals surface area contributed by atoms with Crippen LogP contribution in [0.1, 0.15) is 12.5 Å². The van der Waals surface area contributed by atoms with Gasteiger partial charge >= 0.3 is 0 Å². The maximum absolute atomic E-state index is 11.6. The smallest absolute Gasteiger partial charge is 0.265 e. The van der Waals surface area contributed by atoms with E-state index in [-0.39, 0.29) is 12.5 Å². The van der Waals surface area contributed by atoms with Gasteiger partial charge in [0.15, 0.2) is 6.61 Å². The lowest BCUT2D eigenvalue weighted by molar-refractivity contribution is -0.120. The number of benzene rings is 2. The topological polar surface area (TPSA) is 50.7 Å². The van der Waals surface area contributed by atoms with Crippen LogP contribution in [0.4, 0.5) is 5.69 Å². The number of amides is 1. The zero-order valence-corrected chi connectivity index (χ0v) is 12.4. The fourth-order valence-corrected chi connectivity index (χ4v) is 1.72. The third-order valence-electron chi connectivity index (χ3n) is 2.78. The second kappa shape index (κ2) is 8.42. The molecule has 0 spiro atoms. The third kappa shape index (κ3) is 5.63. The van der Waals surface area contributed by atoms with Crippen molar-refractivity contribution in [3.63, 3.8) is 0 Å². The lowest BCUT2D eigenvalue weighted by atomic mass is 10.2. The van der Waals surface area contributed by atoms with E-state index < -0.39 is 0 Å². The average molecular weight is 294 g/mol. The van der Waals surface area contributed by atoms with Crippen molar-refractivity contribution < 1.29 is 9.63 Å². The maximum Gasteiger partial charge on any atom is 0.265 e. The highest BCUT2D eigenvalue weighted by atomic mass is 16.6. The van der Waals surface area contributed by atoms with Crippen molar-refractivity contribution in [1.82, 2.24) is 0 Å². The van der Waals surface area contributed by atoms with E-state index in [1.807, 2.05) is 79.7 Å². The van der Waals surface area contributed by atoms with Crippen LogP contribution >= 0.6 is 0 Å². The van der Waals surface area contributed by atoms with Gasteiger partial charge in [0, 0.05) is 5.69 Å². The lowest BCUT2D eigenvalue weighted by Crippen LogP contribution is -2.17. The highest BCUT2D eigenvalue weighted by molar-refractivity contribution is 5.96. The molecule has 0 bridgehead atoms. The molecule has 112 valence electrons. The van der Waals surface area contributed by atoms with Crippen molar-refractivity contribution >= 4 is 23.4 Å². The van der Waals surface area contributed by atoms with E-state index in [9.17, 15) is 4.79 Å². The Hall–Kier alpha value is -2.88. The van der Waals surface area contributed by atoms with Crippen LogP contribution in [0.5, 0.6) is 0 Å². The molecule has 1 N–H and O–H groups in total. The number of nitrogens with zero attached hydrogens (tertiary/aromatic N) is 1. The summed E-state index contributed by atoms with van der Waals surface area (Å²) in [5.74, 6) is -0.241. The van der Waals surface area contributed by atoms with Crippen molar-refractivity contribution in [3.05, 3.63) is 72.3 Å². The molecule has 0 saturated heterocycles. The first-order chi connectivity index (χ1) is 10.7. The van der Waals surface area contributed by atoms with Gasteiger partial charge in [-0.1, -0.05) is 59.8 Å². The normalized spacial score (nSPS) is 11.4. The average Bonchev–Trinajstić information content (AvgIpc) is 2.55. The van der Waals surface area contributed by atoms with E-state index in [1.165, 1.54) is 0 Å². The number of carbonyl (C=O) groups is 1. The fraction of sp³-hybridized carbons (Fsp3) is 0.111. The van der Waals surface area contributed by atoms with E-state index in [2.05, 4.69) is 10.5 Å². The van der Waals surface area contributed by atoms with Crippen LogP contribution in [-0.4, -0.2) is 18.2 Å². The number of hydrogen-bond donors (Lipinski definition) is 1. The Bertz CT molecular complexity index is 649. The van der Waals surface area contributed by atoms with Gasteiger partial charge in [-0.3, -0.25) is 4.79 Å².